The number of rotatable bonds is 6. The Balaban J connectivity index is 1.88. The maximum atomic E-state index is 13.7. The average molecular weight is 567 g/mol. The maximum absolute atomic E-state index is 13.7. The molecule has 9 nitrogen and oxygen atoms in total. The molecule has 0 spiro atoms. The van der Waals surface area contributed by atoms with Gasteiger partial charge < -0.3 is 0 Å². The number of hydrogen-bond acceptors (Lipinski definition) is 8. The predicted octanol–water partition coefficient (Wildman–Crippen LogP) is 1.64. The second kappa shape index (κ2) is 10.9. The molecule has 2 heterocycles. The zero-order chi connectivity index (χ0) is 26.7. The van der Waals surface area contributed by atoms with E-state index in [2.05, 4.69) is 4.99 Å². The molecule has 0 saturated heterocycles. The number of aromatic nitrogens is 1. The number of fused-ring (bicyclic) bond motifs is 1. The van der Waals surface area contributed by atoms with Crippen molar-refractivity contribution in [2.24, 2.45) is 4.99 Å². The number of nitrogens with zero attached hydrogens (tertiary/aromatic N) is 2. The molecule has 0 N–H and O–H groups in total. The van der Waals surface area contributed by atoms with Crippen LogP contribution in [0.5, 0.6) is 11.5 Å². The second-order valence-corrected chi connectivity index (χ2v) is 10.2. The van der Waals surface area contributed by atoms with Gasteiger partial charge in [0.05, 0.1) is 0 Å². The fourth-order valence-corrected chi connectivity index (χ4v) is 6.18. The van der Waals surface area contributed by atoms with Gasteiger partial charge in [-0.1, -0.05) is 0 Å². The van der Waals surface area contributed by atoms with Crippen molar-refractivity contribution in [2.75, 3.05) is 6.61 Å². The Bertz CT molecular complexity index is 1600. The van der Waals surface area contributed by atoms with Crippen LogP contribution in [0, 0.1) is 0 Å². The third-order valence-corrected chi connectivity index (χ3v) is 7.47. The van der Waals surface area contributed by atoms with Crippen molar-refractivity contribution < 1.29 is 28.6 Å². The zero-order valence-corrected chi connectivity index (χ0v) is 22.4. The van der Waals surface area contributed by atoms with Crippen LogP contribution in [0.15, 0.2) is 69.6 Å². The minimum atomic E-state index is -0.670. The van der Waals surface area contributed by atoms with Gasteiger partial charge >= 0.3 is 218 Å². The monoisotopic (exact) mass is 568 g/mol. The van der Waals surface area contributed by atoms with Crippen LogP contribution in [-0.2, 0) is 19.1 Å². The minimum absolute atomic E-state index is 0.0642. The van der Waals surface area contributed by atoms with E-state index in [9.17, 15) is 19.2 Å². The number of benzene rings is 2. The van der Waals surface area contributed by atoms with E-state index in [1.807, 2.05) is 30.3 Å². The summed E-state index contributed by atoms with van der Waals surface area (Å²) in [4.78, 5) is 54.2. The summed E-state index contributed by atoms with van der Waals surface area (Å²) in [6.45, 7) is 6.15. The normalized spacial score (nSPS) is 15.0. The van der Waals surface area contributed by atoms with Crippen LogP contribution in [0.25, 0.3) is 6.08 Å². The molecule has 1 aliphatic rings. The second-order valence-electron chi connectivity index (χ2n) is 8.11. The average Bonchev–Trinajstić information content (AvgIpc) is 3.14. The van der Waals surface area contributed by atoms with Crippen LogP contribution < -0.4 is 23.5 Å². The molecule has 10 heteroatoms. The van der Waals surface area contributed by atoms with Crippen molar-refractivity contribution in [3.63, 3.8) is 0 Å². The van der Waals surface area contributed by atoms with Gasteiger partial charge in [-0.05, 0) is 0 Å². The van der Waals surface area contributed by atoms with Gasteiger partial charge in [0.1, 0.15) is 0 Å². The summed E-state index contributed by atoms with van der Waals surface area (Å²) in [7, 11) is 0. The Hall–Kier alpha value is -4.01. The summed E-state index contributed by atoms with van der Waals surface area (Å²) in [5.74, 6) is -1.49. The Morgan fingerprint density at radius 2 is 1.70 bits per heavy atom. The Morgan fingerprint density at radius 1 is 1.03 bits per heavy atom. The first-order valence-corrected chi connectivity index (χ1v) is 13.2. The van der Waals surface area contributed by atoms with Crippen molar-refractivity contribution in [1.29, 1.82) is 0 Å². The standard InChI is InChI=1S/C27H24N2O7Se/c1-5-34-26(33)23-15(2)28-27-29(24(23)19-9-7-6-8-10-19)25(32)22(37-27)14-18-11-12-20(35-16(3)30)21(13-18)36-17(4)31/h6-14,24H,5H2,1-4H3/b22-14-. The van der Waals surface area contributed by atoms with Crippen molar-refractivity contribution in [3.05, 3.63) is 89.7 Å². The van der Waals surface area contributed by atoms with Crippen molar-refractivity contribution >= 4 is 38.5 Å². The first-order chi connectivity index (χ1) is 17.7. The van der Waals surface area contributed by atoms with E-state index >= 15 is 0 Å². The first-order valence-electron chi connectivity index (χ1n) is 11.4. The van der Waals surface area contributed by atoms with Crippen LogP contribution in [-0.4, -0.2) is 43.6 Å². The van der Waals surface area contributed by atoms with Crippen LogP contribution in [0.2, 0.25) is 0 Å². The Kier molecular flexibility index (Phi) is 7.71. The molecule has 2 aromatic carbocycles. The fourth-order valence-electron chi connectivity index (χ4n) is 3.98. The Labute approximate surface area is 218 Å². The van der Waals surface area contributed by atoms with Crippen molar-refractivity contribution in [1.82, 2.24) is 4.57 Å². The summed E-state index contributed by atoms with van der Waals surface area (Å²) < 4.78 is 18.3. The van der Waals surface area contributed by atoms with Gasteiger partial charge in [-0.25, -0.2) is 0 Å². The molecule has 4 rings (SSSR count). The van der Waals surface area contributed by atoms with Crippen LogP contribution in [0.4, 0.5) is 0 Å². The van der Waals surface area contributed by atoms with Gasteiger partial charge in [-0.3, -0.25) is 0 Å². The number of carbonyl (C=O) groups is 3. The molecule has 0 bridgehead atoms. The van der Waals surface area contributed by atoms with Crippen LogP contribution in [0.3, 0.4) is 0 Å². The summed E-state index contributed by atoms with van der Waals surface area (Å²) in [5, 5.41) is 0. The summed E-state index contributed by atoms with van der Waals surface area (Å²) in [5.41, 5.74) is 1.90. The number of ether oxygens (including phenoxy) is 3. The number of allylic oxidation sites excluding steroid dienone is 1. The SMILES string of the molecule is CCOC(=O)C1=C(C)N=c2[se]/c(=C\c3ccc(OC(C)=O)c(OC(C)=O)c3)c(=O)n2C1c1ccccc1. The molecule has 0 fully saturated rings. The van der Waals surface area contributed by atoms with Gasteiger partial charge in [0, 0.05) is 0 Å². The van der Waals surface area contributed by atoms with Crippen LogP contribution in [0.1, 0.15) is 44.9 Å². The van der Waals surface area contributed by atoms with E-state index < -0.39 is 38.5 Å². The predicted molar refractivity (Wildman–Crippen MR) is 135 cm³/mol. The molecule has 1 unspecified atom stereocenters. The van der Waals surface area contributed by atoms with Crippen LogP contribution >= 0.6 is 0 Å². The van der Waals surface area contributed by atoms with E-state index in [1.165, 1.54) is 26.0 Å². The van der Waals surface area contributed by atoms with E-state index in [0.717, 1.165) is 5.56 Å². The molecule has 1 aliphatic heterocycles. The summed E-state index contributed by atoms with van der Waals surface area (Å²) in [6, 6.07) is 13.3. The molecular formula is C27H24N2O7Se. The third kappa shape index (κ3) is 5.55. The first kappa shape index (κ1) is 26.1. The molecular weight excluding hydrogens is 543 g/mol. The summed E-state index contributed by atoms with van der Waals surface area (Å²) >= 11 is -0.457. The topological polar surface area (TPSA) is 113 Å². The number of esters is 3. The molecule has 3 aromatic rings. The fraction of sp³-hybridized carbons (Fsp3) is 0.222. The van der Waals surface area contributed by atoms with Gasteiger partial charge in [-0.15, -0.1) is 0 Å². The van der Waals surface area contributed by atoms with Gasteiger partial charge in [0.25, 0.3) is 0 Å². The van der Waals surface area contributed by atoms with E-state index in [0.29, 0.717) is 25.3 Å². The summed E-state index contributed by atoms with van der Waals surface area (Å²) in [6.07, 6.45) is 1.69. The molecule has 0 amide bonds. The van der Waals surface area contributed by atoms with Crippen molar-refractivity contribution in [2.45, 2.75) is 33.7 Å². The quantitative estimate of drug-likeness (QED) is 0.253. The third-order valence-electron chi connectivity index (χ3n) is 5.41. The van der Waals surface area contributed by atoms with E-state index in [-0.39, 0.29) is 23.7 Å². The van der Waals surface area contributed by atoms with Gasteiger partial charge in [0.2, 0.25) is 0 Å². The molecule has 1 aromatic heterocycles. The van der Waals surface area contributed by atoms with Gasteiger partial charge in [-0.2, -0.15) is 0 Å². The Morgan fingerprint density at radius 3 is 2.35 bits per heavy atom. The molecule has 0 saturated carbocycles. The van der Waals surface area contributed by atoms with Gasteiger partial charge in [0.15, 0.2) is 0 Å². The molecule has 190 valence electrons. The number of carbonyl (C=O) groups excluding carboxylic acids is 3. The van der Waals surface area contributed by atoms with Crippen molar-refractivity contribution in [3.8, 4) is 11.5 Å². The van der Waals surface area contributed by atoms with E-state index in [4.69, 9.17) is 14.2 Å². The molecule has 37 heavy (non-hydrogen) atoms. The number of hydrogen-bond donors (Lipinski definition) is 0. The zero-order valence-electron chi connectivity index (χ0n) is 20.6. The molecule has 0 aliphatic carbocycles. The van der Waals surface area contributed by atoms with E-state index in [1.54, 1.807) is 30.6 Å². The molecule has 1 atom stereocenters. The molecule has 0 radical (unpaired) electrons.